The number of hydrogen-bond acceptors (Lipinski definition) is 2. The molecule has 3 rings (SSSR count). The van der Waals surface area contributed by atoms with E-state index in [2.05, 4.69) is 11.8 Å². The highest BCUT2D eigenvalue weighted by Gasteiger charge is 2.29. The number of rotatable bonds is 4. The maximum Gasteiger partial charge on any atom is 0.336 e. The smallest absolute Gasteiger partial charge is 0.336 e. The molecule has 2 aromatic rings. The van der Waals surface area contributed by atoms with Gasteiger partial charge in [-0.15, -0.1) is 0 Å². The fourth-order valence-electron chi connectivity index (χ4n) is 2.73. The van der Waals surface area contributed by atoms with Crippen molar-refractivity contribution in [3.8, 4) is 0 Å². The first-order valence-electron chi connectivity index (χ1n) is 6.74. The van der Waals surface area contributed by atoms with Gasteiger partial charge in [0.15, 0.2) is 0 Å². The molecule has 0 radical (unpaired) electrons. The zero-order valence-electron chi connectivity index (χ0n) is 11.0. The molecule has 0 aromatic heterocycles. The molecule has 0 amide bonds. The lowest BCUT2D eigenvalue weighted by Gasteiger charge is -2.25. The molecule has 1 aliphatic carbocycles. The summed E-state index contributed by atoms with van der Waals surface area (Å²) in [5.41, 5.74) is 1.54. The van der Waals surface area contributed by atoms with E-state index in [0.29, 0.717) is 11.6 Å². The van der Waals surface area contributed by atoms with Crippen LogP contribution in [0.3, 0.4) is 0 Å². The molecule has 98 valence electrons. The van der Waals surface area contributed by atoms with Crippen LogP contribution in [0.2, 0.25) is 0 Å². The van der Waals surface area contributed by atoms with Gasteiger partial charge >= 0.3 is 5.97 Å². The normalized spacial score (nSPS) is 14.6. The summed E-state index contributed by atoms with van der Waals surface area (Å²) in [4.78, 5) is 13.7. The largest absolute Gasteiger partial charge is 0.478 e. The van der Waals surface area contributed by atoms with Gasteiger partial charge in [-0.25, -0.2) is 4.79 Å². The van der Waals surface area contributed by atoms with E-state index in [-0.39, 0.29) is 0 Å². The lowest BCUT2D eigenvalue weighted by atomic mass is 10.0. The minimum Gasteiger partial charge on any atom is -0.478 e. The Morgan fingerprint density at radius 2 is 1.89 bits per heavy atom. The van der Waals surface area contributed by atoms with Gasteiger partial charge < -0.3 is 10.0 Å². The topological polar surface area (TPSA) is 40.5 Å². The predicted octanol–water partition coefficient (Wildman–Crippen LogP) is 3.53. The number of benzene rings is 2. The van der Waals surface area contributed by atoms with Crippen molar-refractivity contribution in [2.75, 3.05) is 11.4 Å². The molecule has 0 unspecified atom stereocenters. The molecular formula is C16H17NO2. The standard InChI is InChI=1S/C16H17NO2/c1-2-17(11-7-8-11)15-10-9-14(16(18)19)12-5-3-4-6-13(12)15/h3-6,9-11H,2,7-8H2,1H3,(H,18,19). The van der Waals surface area contributed by atoms with Crippen molar-refractivity contribution in [2.24, 2.45) is 0 Å². The third-order valence-electron chi connectivity index (χ3n) is 3.77. The van der Waals surface area contributed by atoms with Crippen LogP contribution in [0.15, 0.2) is 36.4 Å². The Bertz CT molecular complexity index is 632. The maximum atomic E-state index is 11.3. The van der Waals surface area contributed by atoms with Gasteiger partial charge in [0.05, 0.1) is 5.56 Å². The quantitative estimate of drug-likeness (QED) is 0.908. The molecule has 0 atom stereocenters. The van der Waals surface area contributed by atoms with Crippen molar-refractivity contribution in [1.29, 1.82) is 0 Å². The Kier molecular flexibility index (Phi) is 2.90. The first-order chi connectivity index (χ1) is 9.22. The third-order valence-corrected chi connectivity index (χ3v) is 3.77. The fourth-order valence-corrected chi connectivity index (χ4v) is 2.73. The summed E-state index contributed by atoms with van der Waals surface area (Å²) in [7, 11) is 0. The minimum absolute atomic E-state index is 0.381. The molecular weight excluding hydrogens is 238 g/mol. The molecule has 2 aromatic carbocycles. The first-order valence-corrected chi connectivity index (χ1v) is 6.74. The Morgan fingerprint density at radius 3 is 2.47 bits per heavy atom. The molecule has 0 aliphatic heterocycles. The average molecular weight is 255 g/mol. The third kappa shape index (κ3) is 2.05. The number of hydrogen-bond donors (Lipinski definition) is 1. The monoisotopic (exact) mass is 255 g/mol. The van der Waals surface area contributed by atoms with E-state index in [0.717, 1.165) is 23.0 Å². The van der Waals surface area contributed by atoms with Crippen LogP contribution in [0.25, 0.3) is 10.8 Å². The summed E-state index contributed by atoms with van der Waals surface area (Å²) >= 11 is 0. The van der Waals surface area contributed by atoms with Crippen LogP contribution in [0, 0.1) is 0 Å². The van der Waals surface area contributed by atoms with Gasteiger partial charge in [0, 0.05) is 23.7 Å². The molecule has 0 bridgehead atoms. The zero-order valence-corrected chi connectivity index (χ0v) is 11.0. The molecule has 3 heteroatoms. The highest BCUT2D eigenvalue weighted by Crippen LogP contribution is 2.36. The minimum atomic E-state index is -0.864. The molecule has 0 heterocycles. The molecule has 1 aliphatic rings. The van der Waals surface area contributed by atoms with Crippen LogP contribution in [-0.4, -0.2) is 23.7 Å². The summed E-state index contributed by atoms with van der Waals surface area (Å²) in [6.45, 7) is 3.11. The van der Waals surface area contributed by atoms with E-state index >= 15 is 0 Å². The Balaban J connectivity index is 2.21. The molecule has 1 saturated carbocycles. The van der Waals surface area contributed by atoms with Gasteiger partial charge in [-0.05, 0) is 37.3 Å². The molecule has 19 heavy (non-hydrogen) atoms. The van der Waals surface area contributed by atoms with E-state index in [1.165, 1.54) is 12.8 Å². The van der Waals surface area contributed by atoms with E-state index in [1.54, 1.807) is 6.07 Å². The van der Waals surface area contributed by atoms with Crippen molar-refractivity contribution in [1.82, 2.24) is 0 Å². The SMILES string of the molecule is CCN(c1ccc(C(=O)O)c2ccccc12)C1CC1. The van der Waals surface area contributed by atoms with Gasteiger partial charge in [-0.2, -0.15) is 0 Å². The van der Waals surface area contributed by atoms with Gasteiger partial charge in [-0.3, -0.25) is 0 Å². The van der Waals surface area contributed by atoms with Crippen LogP contribution in [-0.2, 0) is 0 Å². The fraction of sp³-hybridized carbons (Fsp3) is 0.312. The Morgan fingerprint density at radius 1 is 1.21 bits per heavy atom. The molecule has 1 fully saturated rings. The van der Waals surface area contributed by atoms with Crippen LogP contribution < -0.4 is 4.90 Å². The maximum absolute atomic E-state index is 11.3. The number of nitrogens with zero attached hydrogens (tertiary/aromatic N) is 1. The second kappa shape index (κ2) is 4.57. The molecule has 3 nitrogen and oxygen atoms in total. The van der Waals surface area contributed by atoms with Crippen LogP contribution >= 0.6 is 0 Å². The van der Waals surface area contributed by atoms with E-state index in [1.807, 2.05) is 30.3 Å². The number of aromatic carboxylic acids is 1. The highest BCUT2D eigenvalue weighted by atomic mass is 16.4. The zero-order chi connectivity index (χ0) is 13.4. The van der Waals surface area contributed by atoms with Gasteiger partial charge in [0.2, 0.25) is 0 Å². The van der Waals surface area contributed by atoms with Crippen molar-refractivity contribution in [2.45, 2.75) is 25.8 Å². The van der Waals surface area contributed by atoms with Crippen molar-refractivity contribution >= 4 is 22.4 Å². The Labute approximate surface area is 112 Å². The van der Waals surface area contributed by atoms with Gasteiger partial charge in [0.1, 0.15) is 0 Å². The average Bonchev–Trinajstić information content (AvgIpc) is 3.24. The van der Waals surface area contributed by atoms with Crippen LogP contribution in [0.4, 0.5) is 5.69 Å². The van der Waals surface area contributed by atoms with Crippen LogP contribution in [0.1, 0.15) is 30.1 Å². The van der Waals surface area contributed by atoms with Crippen molar-refractivity contribution in [3.63, 3.8) is 0 Å². The predicted molar refractivity (Wildman–Crippen MR) is 76.9 cm³/mol. The molecule has 0 saturated heterocycles. The first kappa shape index (κ1) is 12.0. The second-order valence-corrected chi connectivity index (χ2v) is 5.00. The van der Waals surface area contributed by atoms with Gasteiger partial charge in [0.25, 0.3) is 0 Å². The summed E-state index contributed by atoms with van der Waals surface area (Å²) in [5, 5.41) is 11.1. The lowest BCUT2D eigenvalue weighted by Crippen LogP contribution is -2.25. The number of anilines is 1. The summed E-state index contributed by atoms with van der Waals surface area (Å²) in [5.74, 6) is -0.864. The van der Waals surface area contributed by atoms with Crippen molar-refractivity contribution in [3.05, 3.63) is 42.0 Å². The summed E-state index contributed by atoms with van der Waals surface area (Å²) in [6, 6.07) is 12.1. The van der Waals surface area contributed by atoms with Crippen LogP contribution in [0.5, 0.6) is 0 Å². The van der Waals surface area contributed by atoms with E-state index in [4.69, 9.17) is 0 Å². The number of carbonyl (C=O) groups is 1. The highest BCUT2D eigenvalue weighted by molar-refractivity contribution is 6.08. The summed E-state index contributed by atoms with van der Waals surface area (Å²) in [6.07, 6.45) is 2.48. The number of carboxylic acids is 1. The number of fused-ring (bicyclic) bond motifs is 1. The lowest BCUT2D eigenvalue weighted by molar-refractivity contribution is 0.0699. The Hall–Kier alpha value is -2.03. The second-order valence-electron chi connectivity index (χ2n) is 5.00. The van der Waals surface area contributed by atoms with E-state index in [9.17, 15) is 9.90 Å². The van der Waals surface area contributed by atoms with Gasteiger partial charge in [-0.1, -0.05) is 24.3 Å². The van der Waals surface area contributed by atoms with Crippen molar-refractivity contribution < 1.29 is 9.90 Å². The summed E-state index contributed by atoms with van der Waals surface area (Å²) < 4.78 is 0. The molecule has 0 spiro atoms. The number of carboxylic acid groups (broad SMARTS) is 1. The van der Waals surface area contributed by atoms with E-state index < -0.39 is 5.97 Å². The molecule has 1 N–H and O–H groups in total.